The molecule has 142 valence electrons. The van der Waals surface area contributed by atoms with Crippen molar-refractivity contribution in [2.75, 3.05) is 13.2 Å². The van der Waals surface area contributed by atoms with Crippen molar-refractivity contribution < 1.29 is 19.2 Å². The lowest BCUT2D eigenvalue weighted by atomic mass is 10.1. The van der Waals surface area contributed by atoms with Gasteiger partial charge in [-0.3, -0.25) is 10.1 Å². The minimum atomic E-state index is -0.594. The summed E-state index contributed by atoms with van der Waals surface area (Å²) in [6, 6.07) is 6.15. The average molecular weight is 363 g/mol. The van der Waals surface area contributed by atoms with Crippen LogP contribution in [-0.4, -0.2) is 29.8 Å². The molecule has 26 heavy (non-hydrogen) atoms. The van der Waals surface area contributed by atoms with Gasteiger partial charge < -0.3 is 14.8 Å². The highest BCUT2D eigenvalue weighted by atomic mass is 16.6. The molecule has 0 heterocycles. The number of hydrogen-bond donors (Lipinski definition) is 1. The van der Waals surface area contributed by atoms with E-state index in [1.54, 1.807) is 6.07 Å². The van der Waals surface area contributed by atoms with Gasteiger partial charge in [0.15, 0.2) is 5.56 Å². The maximum atomic E-state index is 11.5. The Balaban J connectivity index is 2.22. The molecule has 0 fully saturated rings. The van der Waals surface area contributed by atoms with Crippen molar-refractivity contribution in [3.63, 3.8) is 0 Å². The quantitative estimate of drug-likeness (QED) is 0.404. The molecule has 1 rings (SSSR count). The first kappa shape index (κ1) is 21.2. The second kappa shape index (κ2) is 10.2. The number of carbonyl (C=O) groups is 1. The largest absolute Gasteiger partial charge is 0.492 e. The van der Waals surface area contributed by atoms with Crippen molar-refractivity contribution in [1.29, 1.82) is 5.26 Å². The number of nitro groups is 1. The first-order valence-corrected chi connectivity index (χ1v) is 8.52. The van der Waals surface area contributed by atoms with Crippen molar-refractivity contribution in [1.82, 2.24) is 5.32 Å². The van der Waals surface area contributed by atoms with E-state index in [1.165, 1.54) is 12.1 Å². The van der Waals surface area contributed by atoms with Crippen molar-refractivity contribution in [3.8, 4) is 11.8 Å². The molecule has 0 bridgehead atoms. The standard InChI is InChI=1S/C18H25N3O5/c1-18(2,3)26-17(22)20-11-6-4-5-7-12-25-16-10-8-9-15(21(23)24)14(16)13-19/h8-10H,4-7,11-12H2,1-3H3,(H,20,22). The van der Waals surface area contributed by atoms with Crippen LogP contribution in [0.2, 0.25) is 0 Å². The molecule has 0 saturated carbocycles. The highest BCUT2D eigenvalue weighted by Gasteiger charge is 2.18. The van der Waals surface area contributed by atoms with Crippen molar-refractivity contribution >= 4 is 11.8 Å². The zero-order chi connectivity index (χ0) is 19.6. The Hall–Kier alpha value is -2.82. The topological polar surface area (TPSA) is 114 Å². The number of benzene rings is 1. The lowest BCUT2D eigenvalue weighted by molar-refractivity contribution is -0.385. The lowest BCUT2D eigenvalue weighted by Crippen LogP contribution is -2.32. The Morgan fingerprint density at radius 1 is 1.27 bits per heavy atom. The fourth-order valence-electron chi connectivity index (χ4n) is 2.17. The van der Waals surface area contributed by atoms with E-state index < -0.39 is 16.6 Å². The van der Waals surface area contributed by atoms with E-state index in [0.717, 1.165) is 25.7 Å². The Labute approximate surface area is 153 Å². The number of nitrogens with zero attached hydrogens (tertiary/aromatic N) is 2. The average Bonchev–Trinajstić information content (AvgIpc) is 2.55. The van der Waals surface area contributed by atoms with Gasteiger partial charge in [0.2, 0.25) is 0 Å². The first-order chi connectivity index (χ1) is 12.2. The van der Waals surface area contributed by atoms with Crippen molar-refractivity contribution in [2.45, 2.75) is 52.1 Å². The molecule has 0 saturated heterocycles. The smallest absolute Gasteiger partial charge is 0.407 e. The first-order valence-electron chi connectivity index (χ1n) is 8.52. The van der Waals surface area contributed by atoms with Crippen LogP contribution in [0, 0.1) is 21.4 Å². The molecule has 0 radical (unpaired) electrons. The predicted octanol–water partition coefficient (Wildman–Crippen LogP) is 3.93. The second-order valence-corrected chi connectivity index (χ2v) is 6.71. The number of alkyl carbamates (subject to hydrolysis) is 1. The summed E-state index contributed by atoms with van der Waals surface area (Å²) in [6.07, 6.45) is 2.93. The molecular weight excluding hydrogens is 338 g/mol. The Morgan fingerprint density at radius 3 is 2.58 bits per heavy atom. The van der Waals surface area contributed by atoms with Crippen LogP contribution in [0.15, 0.2) is 18.2 Å². The van der Waals surface area contributed by atoms with E-state index in [4.69, 9.17) is 14.7 Å². The molecule has 0 aromatic heterocycles. The Morgan fingerprint density at radius 2 is 1.96 bits per heavy atom. The highest BCUT2D eigenvalue weighted by molar-refractivity contribution is 5.67. The Kier molecular flexibility index (Phi) is 8.35. The monoisotopic (exact) mass is 363 g/mol. The fraction of sp³-hybridized carbons (Fsp3) is 0.556. The van der Waals surface area contributed by atoms with Crippen LogP contribution in [0.3, 0.4) is 0 Å². The molecule has 0 aliphatic carbocycles. The summed E-state index contributed by atoms with van der Waals surface area (Å²) in [7, 11) is 0. The number of unbranched alkanes of at least 4 members (excludes halogenated alkanes) is 3. The minimum absolute atomic E-state index is 0.0564. The predicted molar refractivity (Wildman–Crippen MR) is 96.0 cm³/mol. The lowest BCUT2D eigenvalue weighted by Gasteiger charge is -2.19. The molecule has 0 atom stereocenters. The van der Waals surface area contributed by atoms with E-state index in [9.17, 15) is 14.9 Å². The molecule has 8 nitrogen and oxygen atoms in total. The van der Waals surface area contributed by atoms with Gasteiger partial charge in [0.1, 0.15) is 17.4 Å². The number of ether oxygens (including phenoxy) is 2. The zero-order valence-electron chi connectivity index (χ0n) is 15.4. The molecule has 0 spiro atoms. The molecule has 8 heteroatoms. The van der Waals surface area contributed by atoms with Crippen molar-refractivity contribution in [3.05, 3.63) is 33.9 Å². The summed E-state index contributed by atoms with van der Waals surface area (Å²) in [5.41, 5.74) is -0.812. The second-order valence-electron chi connectivity index (χ2n) is 6.71. The van der Waals surface area contributed by atoms with Gasteiger partial charge in [-0.1, -0.05) is 18.9 Å². The maximum absolute atomic E-state index is 11.5. The van der Waals surface area contributed by atoms with Crippen LogP contribution in [0.5, 0.6) is 5.75 Å². The van der Waals surface area contributed by atoms with Gasteiger partial charge in [-0.25, -0.2) is 4.79 Å². The van der Waals surface area contributed by atoms with Gasteiger partial charge >= 0.3 is 6.09 Å². The maximum Gasteiger partial charge on any atom is 0.407 e. The van der Waals surface area contributed by atoms with Crippen LogP contribution in [-0.2, 0) is 4.74 Å². The SMILES string of the molecule is CC(C)(C)OC(=O)NCCCCCCOc1cccc([N+](=O)[O-])c1C#N. The number of nitriles is 1. The van der Waals surface area contributed by atoms with E-state index in [-0.39, 0.29) is 17.0 Å². The molecular formula is C18H25N3O5. The van der Waals surface area contributed by atoms with E-state index >= 15 is 0 Å². The summed E-state index contributed by atoms with van der Waals surface area (Å²) in [5.74, 6) is 0.230. The molecule has 1 aromatic rings. The summed E-state index contributed by atoms with van der Waals surface area (Å²) >= 11 is 0. The molecule has 0 unspecified atom stereocenters. The third-order valence-electron chi connectivity index (χ3n) is 3.31. The van der Waals surface area contributed by atoms with Gasteiger partial charge in [-0.05, 0) is 39.7 Å². The van der Waals surface area contributed by atoms with Crippen LogP contribution in [0.4, 0.5) is 10.5 Å². The van der Waals surface area contributed by atoms with E-state index in [1.807, 2.05) is 26.8 Å². The van der Waals surface area contributed by atoms with E-state index in [0.29, 0.717) is 13.2 Å². The number of hydrogen-bond acceptors (Lipinski definition) is 6. The number of carbonyl (C=O) groups excluding carboxylic acids is 1. The number of amides is 1. The number of nitro benzene ring substituents is 1. The Bertz CT molecular complexity index is 662. The zero-order valence-corrected chi connectivity index (χ0v) is 15.4. The van der Waals surface area contributed by atoms with Gasteiger partial charge in [0.25, 0.3) is 5.69 Å². The fourth-order valence-corrected chi connectivity index (χ4v) is 2.17. The number of nitrogens with one attached hydrogen (secondary N) is 1. The van der Waals surface area contributed by atoms with Gasteiger partial charge in [0.05, 0.1) is 11.5 Å². The summed E-state index contributed by atoms with van der Waals surface area (Å²) < 4.78 is 10.6. The summed E-state index contributed by atoms with van der Waals surface area (Å²) in [4.78, 5) is 21.8. The molecule has 1 amide bonds. The van der Waals surface area contributed by atoms with E-state index in [2.05, 4.69) is 5.32 Å². The molecule has 1 aromatic carbocycles. The minimum Gasteiger partial charge on any atom is -0.492 e. The van der Waals surface area contributed by atoms with Gasteiger partial charge in [-0.2, -0.15) is 5.26 Å². The molecule has 0 aliphatic heterocycles. The van der Waals surface area contributed by atoms with Crippen LogP contribution in [0.1, 0.15) is 52.0 Å². The molecule has 0 aliphatic rings. The van der Waals surface area contributed by atoms with Crippen molar-refractivity contribution in [2.24, 2.45) is 0 Å². The molecule has 1 N–H and O–H groups in total. The normalized spacial score (nSPS) is 10.7. The van der Waals surface area contributed by atoms with Gasteiger partial charge in [0, 0.05) is 12.6 Å². The van der Waals surface area contributed by atoms with Gasteiger partial charge in [-0.15, -0.1) is 0 Å². The van der Waals surface area contributed by atoms with Crippen LogP contribution < -0.4 is 10.1 Å². The third kappa shape index (κ3) is 7.83. The van der Waals surface area contributed by atoms with Crippen LogP contribution in [0.25, 0.3) is 0 Å². The number of rotatable bonds is 9. The summed E-state index contributed by atoms with van der Waals surface area (Å²) in [6.45, 7) is 6.34. The van der Waals surface area contributed by atoms with Crippen LogP contribution >= 0.6 is 0 Å². The third-order valence-corrected chi connectivity index (χ3v) is 3.31. The highest BCUT2D eigenvalue weighted by Crippen LogP contribution is 2.27. The summed E-state index contributed by atoms with van der Waals surface area (Å²) in [5, 5.41) is 22.7.